The SMILES string of the molecule is O=C(NCc1cn2ccsc2n1)c1ccc(SC(F)F)cc1. The van der Waals surface area contributed by atoms with Gasteiger partial charge in [0.15, 0.2) is 4.96 Å². The fourth-order valence-corrected chi connectivity index (χ4v) is 3.14. The standard InChI is InChI=1S/C14H11F2N3OS2/c15-13(16)22-11-3-1-9(2-4-11)12(20)17-7-10-8-19-5-6-21-14(19)18-10/h1-6,8,13H,7H2,(H,17,20). The number of benzene rings is 1. The Labute approximate surface area is 133 Å². The molecule has 0 aliphatic carbocycles. The molecule has 2 aromatic heterocycles. The minimum absolute atomic E-state index is 0.259. The van der Waals surface area contributed by atoms with Gasteiger partial charge >= 0.3 is 0 Å². The Morgan fingerprint density at radius 2 is 2.14 bits per heavy atom. The van der Waals surface area contributed by atoms with Crippen LogP contribution in [0.1, 0.15) is 16.1 Å². The molecule has 0 radical (unpaired) electrons. The van der Waals surface area contributed by atoms with E-state index >= 15 is 0 Å². The van der Waals surface area contributed by atoms with Gasteiger partial charge < -0.3 is 5.32 Å². The van der Waals surface area contributed by atoms with Gasteiger partial charge in [0.25, 0.3) is 11.7 Å². The highest BCUT2D eigenvalue weighted by atomic mass is 32.2. The summed E-state index contributed by atoms with van der Waals surface area (Å²) in [5.74, 6) is -2.72. The van der Waals surface area contributed by atoms with Crippen molar-refractivity contribution in [3.05, 3.63) is 53.3 Å². The van der Waals surface area contributed by atoms with Crippen LogP contribution in [-0.4, -0.2) is 21.0 Å². The fraction of sp³-hybridized carbons (Fsp3) is 0.143. The highest BCUT2D eigenvalue weighted by Gasteiger charge is 2.09. The maximum absolute atomic E-state index is 12.2. The summed E-state index contributed by atoms with van der Waals surface area (Å²) in [6.45, 7) is 0.320. The normalized spacial score (nSPS) is 11.2. The van der Waals surface area contributed by atoms with Crippen molar-refractivity contribution < 1.29 is 13.6 Å². The molecule has 1 aromatic carbocycles. The van der Waals surface area contributed by atoms with Crippen molar-refractivity contribution in [2.75, 3.05) is 0 Å². The summed E-state index contributed by atoms with van der Waals surface area (Å²) < 4.78 is 26.3. The van der Waals surface area contributed by atoms with Gasteiger partial charge in [-0.1, -0.05) is 11.8 Å². The van der Waals surface area contributed by atoms with E-state index in [9.17, 15) is 13.6 Å². The van der Waals surface area contributed by atoms with Crippen LogP contribution in [0.4, 0.5) is 8.78 Å². The van der Waals surface area contributed by atoms with Crippen LogP contribution in [0.15, 0.2) is 46.9 Å². The van der Waals surface area contributed by atoms with E-state index in [1.165, 1.54) is 35.6 Å². The van der Waals surface area contributed by atoms with Crippen LogP contribution in [0.25, 0.3) is 4.96 Å². The van der Waals surface area contributed by atoms with E-state index in [1.807, 2.05) is 22.2 Å². The zero-order chi connectivity index (χ0) is 15.5. The van der Waals surface area contributed by atoms with Gasteiger partial charge in [0.05, 0.1) is 12.2 Å². The molecule has 8 heteroatoms. The first kappa shape index (κ1) is 15.0. The first-order valence-corrected chi connectivity index (χ1v) is 8.12. The number of carbonyl (C=O) groups excluding carboxylic acids is 1. The molecule has 4 nitrogen and oxygen atoms in total. The number of nitrogens with one attached hydrogen (secondary N) is 1. The summed E-state index contributed by atoms with van der Waals surface area (Å²) in [7, 11) is 0. The minimum Gasteiger partial charge on any atom is -0.346 e. The Morgan fingerprint density at radius 1 is 1.36 bits per heavy atom. The number of thioether (sulfide) groups is 1. The second kappa shape index (κ2) is 6.45. The summed E-state index contributed by atoms with van der Waals surface area (Å²) in [6, 6.07) is 6.09. The van der Waals surface area contributed by atoms with Crippen molar-refractivity contribution in [2.45, 2.75) is 17.2 Å². The number of fused-ring (bicyclic) bond motifs is 1. The molecule has 114 valence electrons. The molecular formula is C14H11F2N3OS2. The number of aromatic nitrogens is 2. The molecule has 22 heavy (non-hydrogen) atoms. The fourth-order valence-electron chi connectivity index (χ4n) is 1.92. The lowest BCUT2D eigenvalue weighted by Gasteiger charge is -2.04. The van der Waals surface area contributed by atoms with Crippen molar-refractivity contribution in [1.82, 2.24) is 14.7 Å². The lowest BCUT2D eigenvalue weighted by Crippen LogP contribution is -2.22. The van der Waals surface area contributed by atoms with Crippen LogP contribution in [-0.2, 0) is 6.54 Å². The van der Waals surface area contributed by atoms with Crippen LogP contribution < -0.4 is 5.32 Å². The third-order valence-electron chi connectivity index (χ3n) is 2.91. The summed E-state index contributed by atoms with van der Waals surface area (Å²) in [5, 5.41) is 4.70. The highest BCUT2D eigenvalue weighted by Crippen LogP contribution is 2.25. The molecular weight excluding hydrogens is 328 g/mol. The maximum atomic E-state index is 12.2. The van der Waals surface area contributed by atoms with E-state index in [-0.39, 0.29) is 5.91 Å². The number of amides is 1. The van der Waals surface area contributed by atoms with E-state index in [0.717, 1.165) is 10.7 Å². The molecule has 0 aliphatic rings. The van der Waals surface area contributed by atoms with Gasteiger partial charge in [-0.25, -0.2) is 4.98 Å². The van der Waals surface area contributed by atoms with Crippen LogP contribution in [0.5, 0.6) is 0 Å². The first-order valence-electron chi connectivity index (χ1n) is 6.36. The van der Waals surface area contributed by atoms with Gasteiger partial charge in [-0.05, 0) is 24.3 Å². The summed E-state index contributed by atoms with van der Waals surface area (Å²) in [5.41, 5.74) is 1.20. The third-order valence-corrected chi connectivity index (χ3v) is 4.41. The summed E-state index contributed by atoms with van der Waals surface area (Å²) >= 11 is 1.98. The molecule has 2 heterocycles. The Balaban J connectivity index is 1.60. The van der Waals surface area contributed by atoms with Gasteiger partial charge in [0, 0.05) is 28.2 Å². The molecule has 3 rings (SSSR count). The number of nitrogens with zero attached hydrogens (tertiary/aromatic N) is 2. The van der Waals surface area contributed by atoms with E-state index in [2.05, 4.69) is 10.3 Å². The lowest BCUT2D eigenvalue weighted by atomic mass is 10.2. The average Bonchev–Trinajstić information content (AvgIpc) is 3.06. The van der Waals surface area contributed by atoms with E-state index in [0.29, 0.717) is 28.8 Å². The maximum Gasteiger partial charge on any atom is 0.288 e. The molecule has 1 N–H and O–H groups in total. The molecule has 0 fully saturated rings. The van der Waals surface area contributed by atoms with Crippen molar-refractivity contribution in [3.63, 3.8) is 0 Å². The number of halogens is 2. The Kier molecular flexibility index (Phi) is 4.39. The van der Waals surface area contributed by atoms with Crippen molar-refractivity contribution >= 4 is 34.0 Å². The highest BCUT2D eigenvalue weighted by molar-refractivity contribution is 7.99. The number of hydrogen-bond acceptors (Lipinski definition) is 4. The van der Waals surface area contributed by atoms with Gasteiger partial charge in [-0.3, -0.25) is 9.20 Å². The Morgan fingerprint density at radius 3 is 2.82 bits per heavy atom. The smallest absolute Gasteiger partial charge is 0.288 e. The first-order chi connectivity index (χ1) is 10.6. The van der Waals surface area contributed by atoms with Crippen molar-refractivity contribution in [2.24, 2.45) is 0 Å². The van der Waals surface area contributed by atoms with Crippen LogP contribution in [0, 0.1) is 0 Å². The van der Waals surface area contributed by atoms with E-state index in [4.69, 9.17) is 0 Å². The zero-order valence-corrected chi connectivity index (χ0v) is 12.8. The molecule has 0 aliphatic heterocycles. The minimum atomic E-state index is -2.46. The molecule has 0 saturated carbocycles. The van der Waals surface area contributed by atoms with Crippen molar-refractivity contribution in [1.29, 1.82) is 0 Å². The largest absolute Gasteiger partial charge is 0.346 e. The predicted octanol–water partition coefficient (Wildman–Crippen LogP) is 3.64. The van der Waals surface area contributed by atoms with E-state index < -0.39 is 5.76 Å². The molecule has 0 unspecified atom stereocenters. The molecule has 0 bridgehead atoms. The van der Waals surface area contributed by atoms with Gasteiger partial charge in [0.2, 0.25) is 0 Å². The average molecular weight is 339 g/mol. The predicted molar refractivity (Wildman–Crippen MR) is 82.5 cm³/mol. The van der Waals surface area contributed by atoms with Gasteiger partial charge in [-0.15, -0.1) is 11.3 Å². The number of thiazole rings is 1. The quantitative estimate of drug-likeness (QED) is 0.722. The molecule has 1 amide bonds. The summed E-state index contributed by atoms with van der Waals surface area (Å²) in [6.07, 6.45) is 3.76. The molecule has 0 saturated heterocycles. The van der Waals surface area contributed by atoms with Crippen molar-refractivity contribution in [3.8, 4) is 0 Å². The second-order valence-corrected chi connectivity index (χ2v) is 6.35. The molecule has 0 atom stereocenters. The topological polar surface area (TPSA) is 46.4 Å². The monoisotopic (exact) mass is 339 g/mol. The molecule has 3 aromatic rings. The number of imidazole rings is 1. The van der Waals surface area contributed by atoms with E-state index in [1.54, 1.807) is 0 Å². The third kappa shape index (κ3) is 3.45. The van der Waals surface area contributed by atoms with Gasteiger partial charge in [-0.2, -0.15) is 8.78 Å². The Hall–Kier alpha value is -1.93. The number of hydrogen-bond donors (Lipinski definition) is 1. The number of alkyl halides is 2. The number of rotatable bonds is 5. The van der Waals surface area contributed by atoms with Gasteiger partial charge in [0.1, 0.15) is 0 Å². The van der Waals surface area contributed by atoms with Crippen LogP contribution in [0.3, 0.4) is 0 Å². The zero-order valence-electron chi connectivity index (χ0n) is 11.2. The molecule has 0 spiro atoms. The number of carbonyl (C=O) groups is 1. The van der Waals surface area contributed by atoms with Crippen LogP contribution >= 0.6 is 23.1 Å². The lowest BCUT2D eigenvalue weighted by molar-refractivity contribution is 0.0950. The van der Waals surface area contributed by atoms with Crippen LogP contribution in [0.2, 0.25) is 0 Å². The summed E-state index contributed by atoms with van der Waals surface area (Å²) in [4.78, 5) is 17.7. The Bertz CT molecular complexity index is 754. The second-order valence-electron chi connectivity index (χ2n) is 4.41.